The van der Waals surface area contributed by atoms with E-state index in [-0.39, 0.29) is 38.0 Å². The monoisotopic (exact) mass is 813 g/mol. The lowest BCUT2D eigenvalue weighted by molar-refractivity contribution is -0.142. The molecule has 308 valence electrons. The fourth-order valence-electron chi connectivity index (χ4n) is 8.82. The summed E-state index contributed by atoms with van der Waals surface area (Å²) < 4.78 is 35.3. The van der Waals surface area contributed by atoms with Crippen LogP contribution in [0.15, 0.2) is 66.7 Å². The largest absolute Gasteiger partial charge is 0.444 e. The number of nitrogens with zero attached hydrogens (tertiary/aromatic N) is 4. The summed E-state index contributed by atoms with van der Waals surface area (Å²) in [5, 5.41) is 5.08. The van der Waals surface area contributed by atoms with Crippen LogP contribution in [0.2, 0.25) is 0 Å². The number of rotatable bonds is 5. The molecule has 5 aliphatic rings. The Morgan fingerprint density at radius 2 is 1.67 bits per heavy atom. The summed E-state index contributed by atoms with van der Waals surface area (Å²) in [6.07, 6.45) is 7.35. The van der Waals surface area contributed by atoms with Gasteiger partial charge in [-0.1, -0.05) is 67.5 Å². The van der Waals surface area contributed by atoms with Crippen molar-refractivity contribution in [3.8, 4) is 11.4 Å². The van der Waals surface area contributed by atoms with Gasteiger partial charge in [0, 0.05) is 43.0 Å². The molecule has 4 fully saturated rings. The number of fused-ring (bicyclic) bond motifs is 5. The second-order valence-electron chi connectivity index (χ2n) is 17.4. The summed E-state index contributed by atoms with van der Waals surface area (Å²) in [6, 6.07) is 14.3. The fourth-order valence-corrected chi connectivity index (χ4v) is 10.2. The SMILES string of the molecule is CC(C)(C)OC(=O)N[C@@H]1CCCCC/C=C\[C@@H]2C[C@]2(C(=O)NS(=O)(=O)C2CC2)NC(=O)[C@@H]2[C@H]3CN(C(=O)n4c(-c5ccccc5)nc5ccccc54)C[C@H]3CN2C1=O. The van der Waals surface area contributed by atoms with Crippen LogP contribution in [-0.4, -0.2) is 106 Å². The standard InChI is InChI=1S/C42H51N7O8S/c1-41(2,3)57-39(53)44-32-18-11-6-4-5-10-16-28-22-42(28,38(52)46-58(55,56)29-20-21-29)45-36(50)34-30-25-47(23-27(30)24-48(34)37(32)51)40(54)49-33-19-13-12-17-31(33)43-35(49)26-14-8-7-9-15-26/h7-10,12-17,19,27-30,32,34H,4-6,11,18,20-25H2,1-3H3,(H,44,53)(H,45,50)(H,46,52)/b16-10-/t27-,28+,30-,32+,34-,42-/m0/s1. The molecular weight excluding hydrogens is 763 g/mol. The van der Waals surface area contributed by atoms with Gasteiger partial charge in [-0.05, 0) is 71.4 Å². The minimum absolute atomic E-state index is 0.118. The molecule has 0 unspecified atom stereocenters. The van der Waals surface area contributed by atoms with Gasteiger partial charge in [-0.15, -0.1) is 0 Å². The summed E-state index contributed by atoms with van der Waals surface area (Å²) in [5.74, 6) is -2.71. The summed E-state index contributed by atoms with van der Waals surface area (Å²) in [6.45, 7) is 5.67. The second kappa shape index (κ2) is 15.2. The number of likely N-dealkylation sites (tertiary alicyclic amines) is 1. The number of allylic oxidation sites excluding steroid dienone is 1. The maximum absolute atomic E-state index is 14.8. The number of para-hydroxylation sites is 2. The number of carbonyl (C=O) groups excluding carboxylic acids is 5. The molecule has 3 aromatic rings. The molecule has 0 bridgehead atoms. The minimum Gasteiger partial charge on any atom is -0.444 e. The van der Waals surface area contributed by atoms with E-state index in [1.54, 1.807) is 30.2 Å². The number of nitrogens with one attached hydrogen (secondary N) is 3. The molecule has 16 heteroatoms. The van der Waals surface area contributed by atoms with Gasteiger partial charge >= 0.3 is 12.1 Å². The lowest BCUT2D eigenvalue weighted by Crippen LogP contribution is -2.60. The molecule has 2 aliphatic carbocycles. The molecule has 8 rings (SSSR count). The van der Waals surface area contributed by atoms with E-state index >= 15 is 0 Å². The van der Waals surface area contributed by atoms with Gasteiger partial charge in [0.2, 0.25) is 21.8 Å². The molecule has 2 saturated carbocycles. The van der Waals surface area contributed by atoms with Gasteiger partial charge in [-0.3, -0.25) is 19.1 Å². The number of alkyl carbamates (subject to hydrolysis) is 1. The Bertz CT molecular complexity index is 2270. The number of amides is 5. The van der Waals surface area contributed by atoms with Crippen molar-refractivity contribution in [1.29, 1.82) is 0 Å². The first-order valence-corrected chi connectivity index (χ1v) is 21.9. The average molecular weight is 814 g/mol. The van der Waals surface area contributed by atoms with Crippen molar-refractivity contribution in [2.24, 2.45) is 17.8 Å². The van der Waals surface area contributed by atoms with E-state index in [1.807, 2.05) is 66.7 Å². The van der Waals surface area contributed by atoms with Gasteiger partial charge in [-0.25, -0.2) is 27.6 Å². The van der Waals surface area contributed by atoms with Crippen LogP contribution in [0, 0.1) is 17.8 Å². The van der Waals surface area contributed by atoms with Crippen molar-refractivity contribution in [2.75, 3.05) is 19.6 Å². The Kier molecular flexibility index (Phi) is 10.3. The number of imidazole rings is 1. The zero-order valence-electron chi connectivity index (χ0n) is 33.1. The second-order valence-corrected chi connectivity index (χ2v) is 19.3. The van der Waals surface area contributed by atoms with E-state index < -0.39 is 74.1 Å². The van der Waals surface area contributed by atoms with Gasteiger partial charge in [0.15, 0.2) is 0 Å². The molecule has 58 heavy (non-hydrogen) atoms. The first-order valence-electron chi connectivity index (χ1n) is 20.3. The van der Waals surface area contributed by atoms with Crippen LogP contribution in [0.1, 0.15) is 72.1 Å². The number of aromatic nitrogens is 2. The maximum atomic E-state index is 14.8. The molecule has 0 spiro atoms. The van der Waals surface area contributed by atoms with E-state index in [0.29, 0.717) is 49.0 Å². The van der Waals surface area contributed by atoms with Crippen molar-refractivity contribution in [3.05, 3.63) is 66.7 Å². The highest BCUT2D eigenvalue weighted by molar-refractivity contribution is 7.91. The van der Waals surface area contributed by atoms with Gasteiger partial charge in [0.25, 0.3) is 5.91 Å². The molecule has 5 amide bonds. The van der Waals surface area contributed by atoms with E-state index in [4.69, 9.17) is 9.72 Å². The molecule has 3 N–H and O–H groups in total. The Hall–Kier alpha value is -5.25. The molecule has 15 nitrogen and oxygen atoms in total. The summed E-state index contributed by atoms with van der Waals surface area (Å²) >= 11 is 0. The number of carbonyl (C=O) groups is 5. The maximum Gasteiger partial charge on any atom is 0.408 e. The predicted molar refractivity (Wildman–Crippen MR) is 214 cm³/mol. The van der Waals surface area contributed by atoms with Crippen LogP contribution in [0.25, 0.3) is 22.4 Å². The van der Waals surface area contributed by atoms with Crippen LogP contribution in [0.4, 0.5) is 9.59 Å². The first-order chi connectivity index (χ1) is 27.6. The lowest BCUT2D eigenvalue weighted by atomic mass is 9.93. The number of hydrogen-bond acceptors (Lipinski definition) is 9. The third-order valence-electron chi connectivity index (χ3n) is 12.0. The van der Waals surface area contributed by atoms with Gasteiger partial charge < -0.3 is 25.2 Å². The van der Waals surface area contributed by atoms with E-state index in [2.05, 4.69) is 15.4 Å². The third kappa shape index (κ3) is 7.82. The van der Waals surface area contributed by atoms with Gasteiger partial charge in [0.05, 0.1) is 16.3 Å². The van der Waals surface area contributed by atoms with Crippen molar-refractivity contribution >= 4 is 50.9 Å². The highest BCUT2D eigenvalue weighted by Crippen LogP contribution is 2.47. The van der Waals surface area contributed by atoms with E-state index in [0.717, 1.165) is 18.4 Å². The Morgan fingerprint density at radius 1 is 0.931 bits per heavy atom. The van der Waals surface area contributed by atoms with E-state index in [1.165, 1.54) is 4.90 Å². The molecule has 2 saturated heterocycles. The molecule has 1 aromatic heterocycles. The zero-order valence-corrected chi connectivity index (χ0v) is 33.9. The minimum atomic E-state index is -3.92. The molecule has 2 aromatic carbocycles. The topological polar surface area (TPSA) is 189 Å². The molecule has 0 radical (unpaired) electrons. The van der Waals surface area contributed by atoms with E-state index in [9.17, 15) is 32.4 Å². The predicted octanol–water partition coefficient (Wildman–Crippen LogP) is 4.33. The third-order valence-corrected chi connectivity index (χ3v) is 13.8. The Morgan fingerprint density at radius 3 is 2.41 bits per heavy atom. The van der Waals surface area contributed by atoms with Crippen molar-refractivity contribution in [1.82, 2.24) is 34.7 Å². The van der Waals surface area contributed by atoms with Gasteiger partial charge in [0.1, 0.15) is 29.0 Å². The molecule has 6 atom stereocenters. The number of ether oxygens (including phenoxy) is 1. The van der Waals surface area contributed by atoms with Crippen molar-refractivity contribution in [2.45, 2.75) is 101 Å². The highest BCUT2D eigenvalue weighted by Gasteiger charge is 2.63. The van der Waals surface area contributed by atoms with Crippen LogP contribution >= 0.6 is 0 Å². The Balaban J connectivity index is 1.12. The average Bonchev–Trinajstić information content (AvgIpc) is 4.02. The summed E-state index contributed by atoms with van der Waals surface area (Å²) in [5.41, 5.74) is -0.314. The first kappa shape index (κ1) is 39.6. The summed E-state index contributed by atoms with van der Waals surface area (Å²) in [7, 11) is -3.92. The van der Waals surface area contributed by atoms with Crippen LogP contribution < -0.4 is 15.4 Å². The lowest BCUT2D eigenvalue weighted by Gasteiger charge is -2.33. The number of benzene rings is 2. The zero-order chi connectivity index (χ0) is 41.0. The normalized spacial score (nSPS) is 28.3. The quantitative estimate of drug-likeness (QED) is 0.315. The van der Waals surface area contributed by atoms with Crippen molar-refractivity contribution < 1.29 is 37.1 Å². The fraction of sp³-hybridized carbons (Fsp3) is 0.524. The number of hydrogen-bond donors (Lipinski definition) is 3. The van der Waals surface area contributed by atoms with Crippen molar-refractivity contribution in [3.63, 3.8) is 0 Å². The molecule has 3 aliphatic heterocycles. The molecule has 4 heterocycles. The Labute approximate surface area is 338 Å². The highest BCUT2D eigenvalue weighted by atomic mass is 32.2. The van der Waals surface area contributed by atoms with Crippen LogP contribution in [-0.2, 0) is 29.1 Å². The molecular formula is C42H51N7O8S. The summed E-state index contributed by atoms with van der Waals surface area (Å²) in [4.78, 5) is 79.1. The number of sulfonamides is 1. The van der Waals surface area contributed by atoms with Gasteiger partial charge in [-0.2, -0.15) is 0 Å². The van der Waals surface area contributed by atoms with Crippen LogP contribution in [0.5, 0.6) is 0 Å². The smallest absolute Gasteiger partial charge is 0.408 e. The van der Waals surface area contributed by atoms with Crippen LogP contribution in [0.3, 0.4) is 0 Å².